The predicted molar refractivity (Wildman–Crippen MR) is 73.5 cm³/mol. The summed E-state index contributed by atoms with van der Waals surface area (Å²) in [5.41, 5.74) is 1.37. The molecule has 4 nitrogen and oxygen atoms in total. The summed E-state index contributed by atoms with van der Waals surface area (Å²) in [5, 5.41) is 0. The van der Waals surface area contributed by atoms with Crippen LogP contribution in [0.3, 0.4) is 0 Å². The highest BCUT2D eigenvalue weighted by Crippen LogP contribution is 2.17. The first-order valence-electron chi connectivity index (χ1n) is 5.50. The molecule has 0 bridgehead atoms. The highest BCUT2D eigenvalue weighted by atomic mass is 32.2. The number of benzene rings is 1. The number of ketones is 1. The molecular weight excluding hydrogens is 248 g/mol. The Morgan fingerprint density at radius 2 is 1.94 bits per heavy atom. The zero-order chi connectivity index (χ0) is 13.5. The van der Waals surface area contributed by atoms with Crippen LogP contribution in [0, 0.1) is 6.57 Å². The van der Waals surface area contributed by atoms with Gasteiger partial charge >= 0.3 is 0 Å². The minimum atomic E-state index is -0.103. The Labute approximate surface area is 111 Å². The number of hydrogen-bond acceptors (Lipinski definition) is 3. The molecular formula is C13H14N2O2S. The molecule has 0 saturated heterocycles. The van der Waals surface area contributed by atoms with E-state index in [2.05, 4.69) is 4.25 Å². The maximum atomic E-state index is 11.8. The molecule has 0 fully saturated rings. The Morgan fingerprint density at radius 1 is 1.33 bits per heavy atom. The summed E-state index contributed by atoms with van der Waals surface area (Å²) in [6.07, 6.45) is 0. The number of hydrogen-bond donors (Lipinski definition) is 0. The predicted octanol–water partition coefficient (Wildman–Crippen LogP) is 2.81. The van der Waals surface area contributed by atoms with Crippen LogP contribution in [0.1, 0.15) is 24.2 Å². The van der Waals surface area contributed by atoms with Crippen molar-refractivity contribution in [1.82, 2.24) is 0 Å². The minimum absolute atomic E-state index is 0.000475. The number of nitrogens with zero attached hydrogens (tertiary/aromatic N) is 2. The van der Waals surface area contributed by atoms with Crippen LogP contribution >= 0.6 is 11.9 Å². The molecule has 0 unspecified atom stereocenters. The van der Waals surface area contributed by atoms with Crippen LogP contribution in [0.4, 0.5) is 5.69 Å². The standard InChI is InChI=1S/C13H14N2O2S/c1-4-15(13(17)9-18-14-3)12-7-5-11(6-8-12)10(2)16/h5-8H,4,9H2,1-2H3. The number of amides is 1. The van der Waals surface area contributed by atoms with Crippen LogP contribution < -0.4 is 4.90 Å². The molecule has 0 atom stereocenters. The molecule has 1 aromatic rings. The molecule has 1 aromatic carbocycles. The number of Topliss-reactive ketones (excluding diaryl/α,β-unsaturated/α-hetero) is 1. The fraction of sp³-hybridized carbons (Fsp3) is 0.308. The largest absolute Gasteiger partial charge is 0.312 e. The first-order chi connectivity index (χ1) is 8.60. The van der Waals surface area contributed by atoms with E-state index in [4.69, 9.17) is 6.57 Å². The summed E-state index contributed by atoms with van der Waals surface area (Å²) in [7, 11) is 0. The molecule has 0 aliphatic carbocycles. The number of anilines is 1. The van der Waals surface area contributed by atoms with E-state index in [1.54, 1.807) is 29.2 Å². The van der Waals surface area contributed by atoms with Gasteiger partial charge in [-0.1, -0.05) is 0 Å². The van der Waals surface area contributed by atoms with Crippen molar-refractivity contribution in [3.05, 3.63) is 40.7 Å². The van der Waals surface area contributed by atoms with Crippen molar-refractivity contribution in [2.45, 2.75) is 13.8 Å². The van der Waals surface area contributed by atoms with Gasteiger partial charge in [-0.25, -0.2) is 10.8 Å². The lowest BCUT2D eigenvalue weighted by molar-refractivity contribution is -0.116. The Morgan fingerprint density at radius 3 is 2.39 bits per heavy atom. The van der Waals surface area contributed by atoms with Crippen molar-refractivity contribution < 1.29 is 9.59 Å². The van der Waals surface area contributed by atoms with Crippen LogP contribution in [0.25, 0.3) is 4.25 Å². The van der Waals surface area contributed by atoms with Crippen molar-refractivity contribution in [3.8, 4) is 0 Å². The second-order valence-corrected chi connectivity index (χ2v) is 4.34. The Bertz CT molecular complexity index is 477. The van der Waals surface area contributed by atoms with Gasteiger partial charge < -0.3 is 4.90 Å². The monoisotopic (exact) mass is 262 g/mol. The van der Waals surface area contributed by atoms with Crippen molar-refractivity contribution in [1.29, 1.82) is 0 Å². The van der Waals surface area contributed by atoms with E-state index in [0.717, 1.165) is 17.6 Å². The molecule has 0 radical (unpaired) electrons. The van der Waals surface area contributed by atoms with E-state index in [0.29, 0.717) is 12.1 Å². The lowest BCUT2D eigenvalue weighted by atomic mass is 10.1. The van der Waals surface area contributed by atoms with Gasteiger partial charge in [0.05, 0.1) is 0 Å². The fourth-order valence-electron chi connectivity index (χ4n) is 1.54. The third-order valence-electron chi connectivity index (χ3n) is 2.46. The van der Waals surface area contributed by atoms with E-state index in [-0.39, 0.29) is 17.4 Å². The van der Waals surface area contributed by atoms with Crippen molar-refractivity contribution in [2.24, 2.45) is 0 Å². The fourth-order valence-corrected chi connectivity index (χ4v) is 1.88. The molecule has 0 aromatic heterocycles. The van der Waals surface area contributed by atoms with Crippen molar-refractivity contribution in [2.75, 3.05) is 17.2 Å². The summed E-state index contributed by atoms with van der Waals surface area (Å²) in [6, 6.07) is 6.91. The van der Waals surface area contributed by atoms with Gasteiger partial charge in [0.15, 0.2) is 11.5 Å². The lowest BCUT2D eigenvalue weighted by Gasteiger charge is -2.19. The van der Waals surface area contributed by atoms with Crippen LogP contribution in [0.5, 0.6) is 0 Å². The Kier molecular flexibility index (Phi) is 5.40. The molecule has 0 saturated carbocycles. The number of carbonyl (C=O) groups is 2. The highest BCUT2D eigenvalue weighted by Gasteiger charge is 2.16. The lowest BCUT2D eigenvalue weighted by Crippen LogP contribution is -2.31. The third kappa shape index (κ3) is 3.60. The third-order valence-corrected chi connectivity index (χ3v) is 2.96. The minimum Gasteiger partial charge on any atom is -0.312 e. The molecule has 0 aliphatic rings. The number of rotatable bonds is 5. The first-order valence-corrected chi connectivity index (χ1v) is 6.44. The van der Waals surface area contributed by atoms with Gasteiger partial charge in [0.2, 0.25) is 5.91 Å². The summed E-state index contributed by atoms with van der Waals surface area (Å²) in [6.45, 7) is 10.6. The zero-order valence-corrected chi connectivity index (χ0v) is 11.2. The normalized spacial score (nSPS) is 9.61. The van der Waals surface area contributed by atoms with Crippen molar-refractivity contribution >= 4 is 29.3 Å². The van der Waals surface area contributed by atoms with Gasteiger partial charge in [-0.2, -0.15) is 0 Å². The van der Waals surface area contributed by atoms with Gasteiger partial charge in [0.25, 0.3) is 11.9 Å². The summed E-state index contributed by atoms with van der Waals surface area (Å²) in [5.74, 6) is 0.0415. The van der Waals surface area contributed by atoms with Crippen LogP contribution in [-0.2, 0) is 4.79 Å². The quantitative estimate of drug-likeness (QED) is 0.465. The molecule has 0 aliphatic heterocycles. The second-order valence-electron chi connectivity index (χ2n) is 3.61. The van der Waals surface area contributed by atoms with E-state index < -0.39 is 0 Å². The molecule has 5 heteroatoms. The smallest absolute Gasteiger partial charge is 0.267 e. The Hall–Kier alpha value is -1.80. The molecule has 1 amide bonds. The van der Waals surface area contributed by atoms with Gasteiger partial charge in [0.1, 0.15) is 0 Å². The Balaban J connectivity index is 2.85. The molecule has 0 heterocycles. The summed E-state index contributed by atoms with van der Waals surface area (Å²) in [4.78, 5) is 24.6. The van der Waals surface area contributed by atoms with E-state index in [1.165, 1.54) is 6.92 Å². The van der Waals surface area contributed by atoms with Crippen molar-refractivity contribution in [3.63, 3.8) is 0 Å². The van der Waals surface area contributed by atoms with Crippen LogP contribution in [0.2, 0.25) is 0 Å². The second kappa shape index (κ2) is 6.82. The zero-order valence-electron chi connectivity index (χ0n) is 10.3. The number of carbonyl (C=O) groups excluding carboxylic acids is 2. The average molecular weight is 262 g/mol. The molecule has 94 valence electrons. The molecule has 1 rings (SSSR count). The van der Waals surface area contributed by atoms with Gasteiger partial charge in [0, 0.05) is 17.8 Å². The molecule has 0 N–H and O–H groups in total. The van der Waals surface area contributed by atoms with Crippen LogP contribution in [-0.4, -0.2) is 24.0 Å². The maximum absolute atomic E-state index is 11.8. The van der Waals surface area contributed by atoms with E-state index in [1.807, 2.05) is 6.92 Å². The molecule has 18 heavy (non-hydrogen) atoms. The SMILES string of the molecule is [C-]#[N+]SCC(=O)N(CC)c1ccc(C(C)=O)cc1. The first kappa shape index (κ1) is 14.3. The highest BCUT2D eigenvalue weighted by molar-refractivity contribution is 8.01. The van der Waals surface area contributed by atoms with E-state index in [9.17, 15) is 9.59 Å². The van der Waals surface area contributed by atoms with Gasteiger partial charge in [-0.05, 0) is 38.1 Å². The summed E-state index contributed by atoms with van der Waals surface area (Å²) < 4.78 is 3.10. The molecule has 0 spiro atoms. The summed E-state index contributed by atoms with van der Waals surface area (Å²) >= 11 is 0.909. The average Bonchev–Trinajstić information content (AvgIpc) is 2.37. The maximum Gasteiger partial charge on any atom is 0.267 e. The van der Waals surface area contributed by atoms with Crippen LogP contribution in [0.15, 0.2) is 24.3 Å². The van der Waals surface area contributed by atoms with Gasteiger partial charge in [-0.15, -0.1) is 0 Å². The van der Waals surface area contributed by atoms with Gasteiger partial charge in [-0.3, -0.25) is 9.59 Å². The van der Waals surface area contributed by atoms with E-state index >= 15 is 0 Å². The topological polar surface area (TPSA) is 41.7 Å².